The molecule has 8 heteroatoms. The lowest BCUT2D eigenvalue weighted by Crippen LogP contribution is -2.14. The zero-order valence-corrected chi connectivity index (χ0v) is 19.8. The lowest BCUT2D eigenvalue weighted by molar-refractivity contribution is -0.303. The van der Waals surface area contributed by atoms with Crippen LogP contribution in [0.1, 0.15) is 72.1 Å². The third-order valence-electron chi connectivity index (χ3n) is 5.24. The second kappa shape index (κ2) is 17.3. The van der Waals surface area contributed by atoms with Crippen LogP contribution in [-0.4, -0.2) is 19.6 Å². The second-order valence-corrected chi connectivity index (χ2v) is 7.32. The summed E-state index contributed by atoms with van der Waals surface area (Å²) in [6.07, 6.45) is 12.5. The van der Waals surface area contributed by atoms with Crippen LogP contribution in [0.2, 0.25) is 0 Å². The summed E-state index contributed by atoms with van der Waals surface area (Å²) in [7, 11) is 1.66. The van der Waals surface area contributed by atoms with Gasteiger partial charge in [0.15, 0.2) is 5.76 Å². The number of nitrogens with one attached hydrogen (secondary N) is 2. The van der Waals surface area contributed by atoms with Crippen molar-refractivity contribution >= 4 is 6.21 Å². The van der Waals surface area contributed by atoms with Gasteiger partial charge in [-0.05, 0) is 62.7 Å². The first-order chi connectivity index (χ1) is 15.3. The maximum Gasteiger partial charge on any atom is 0.573 e. The Balaban J connectivity index is 0.00000466. The number of hydrogen-bond donors (Lipinski definition) is 3. The first-order valence-electron chi connectivity index (χ1n) is 11.4. The minimum Gasteiger partial charge on any atom is -0.409 e. The molecular weight excluding hydrogens is 419 g/mol. The molecule has 1 aliphatic carbocycles. The van der Waals surface area contributed by atoms with E-state index in [4.69, 9.17) is 16.0 Å². The quantitative estimate of drug-likeness (QED) is 0.128. The summed E-state index contributed by atoms with van der Waals surface area (Å²) >= 11 is 0. The average molecular weight is 460 g/mol. The largest absolute Gasteiger partial charge is 0.573 e. The molecule has 32 heavy (non-hydrogen) atoms. The molecule has 0 saturated heterocycles. The first-order valence-corrected chi connectivity index (χ1v) is 11.4. The SMILES string of the molecule is C/C=C(\C=C/CCC1CCC(CC/C=C(ONC)/C(C=N)=C/N)CC1)OC(F)(F)F.CC. The fraction of sp³-hybridized carbons (Fsp3) is 0.625. The molecule has 0 bridgehead atoms. The monoisotopic (exact) mass is 459 g/mol. The van der Waals surface area contributed by atoms with Crippen LogP contribution < -0.4 is 11.2 Å². The van der Waals surface area contributed by atoms with Gasteiger partial charge in [0.2, 0.25) is 0 Å². The fourth-order valence-corrected chi connectivity index (χ4v) is 3.64. The first kappa shape index (κ1) is 29.8. The normalized spacial score (nSPS) is 20.5. The number of nitrogens with two attached hydrogens (primary N) is 1. The van der Waals surface area contributed by atoms with Crippen LogP contribution in [0.4, 0.5) is 13.2 Å². The molecule has 0 aromatic carbocycles. The lowest BCUT2D eigenvalue weighted by atomic mass is 9.78. The predicted molar refractivity (Wildman–Crippen MR) is 125 cm³/mol. The van der Waals surface area contributed by atoms with E-state index in [1.54, 1.807) is 13.1 Å². The number of ether oxygens (including phenoxy) is 1. The van der Waals surface area contributed by atoms with Gasteiger partial charge in [-0.3, -0.25) is 0 Å². The van der Waals surface area contributed by atoms with Crippen LogP contribution in [0, 0.1) is 17.2 Å². The summed E-state index contributed by atoms with van der Waals surface area (Å²) in [4.78, 5) is 5.33. The molecular formula is C24H40F3N3O2. The number of alkyl halides is 3. The van der Waals surface area contributed by atoms with E-state index in [1.165, 1.54) is 25.3 Å². The lowest BCUT2D eigenvalue weighted by Gasteiger charge is -2.28. The standard InChI is InChI=1S/C22H34F3N3O2.C2H6/c1-3-20(29-22(23,24)25)9-5-4-7-17-11-13-18(14-12-17)8-6-10-21(30-28-2)19(15-26)16-27;1-2/h3,5,9-10,15-18,26,28H,4,6-8,11-14,27H2,1-2H3;1-2H3/b9-5-,19-16+,20-3+,21-10-,26-15?;. The van der Waals surface area contributed by atoms with Crippen molar-refractivity contribution < 1.29 is 22.7 Å². The zero-order valence-electron chi connectivity index (χ0n) is 19.8. The Morgan fingerprint density at radius 1 is 1.09 bits per heavy atom. The molecule has 0 unspecified atom stereocenters. The Morgan fingerprint density at radius 2 is 1.66 bits per heavy atom. The molecule has 1 saturated carbocycles. The summed E-state index contributed by atoms with van der Waals surface area (Å²) in [5.41, 5.74) is 8.67. The Bertz CT molecular complexity index is 633. The third-order valence-corrected chi connectivity index (χ3v) is 5.24. The molecule has 4 N–H and O–H groups in total. The van der Waals surface area contributed by atoms with Gasteiger partial charge in [0.05, 0.1) is 5.57 Å². The van der Waals surface area contributed by atoms with Crippen molar-refractivity contribution in [2.75, 3.05) is 7.05 Å². The van der Waals surface area contributed by atoms with Crippen LogP contribution in [0.3, 0.4) is 0 Å². The molecule has 0 spiro atoms. The number of hydroxylamine groups is 1. The molecule has 0 radical (unpaired) electrons. The zero-order chi connectivity index (χ0) is 24.4. The number of rotatable bonds is 12. The van der Waals surface area contributed by atoms with Gasteiger partial charge in [-0.2, -0.15) is 5.48 Å². The van der Waals surface area contributed by atoms with E-state index in [9.17, 15) is 13.2 Å². The molecule has 0 aliphatic heterocycles. The van der Waals surface area contributed by atoms with E-state index in [-0.39, 0.29) is 5.76 Å². The van der Waals surface area contributed by atoms with Crippen LogP contribution in [0.25, 0.3) is 0 Å². The molecule has 0 aromatic rings. The molecule has 0 amide bonds. The second-order valence-electron chi connectivity index (χ2n) is 7.32. The van der Waals surface area contributed by atoms with Crippen LogP contribution in [-0.2, 0) is 9.57 Å². The van der Waals surface area contributed by atoms with E-state index in [1.807, 2.05) is 19.9 Å². The molecule has 1 fully saturated rings. The maximum atomic E-state index is 12.2. The summed E-state index contributed by atoms with van der Waals surface area (Å²) in [5, 5.41) is 7.38. The Morgan fingerprint density at radius 3 is 2.09 bits per heavy atom. The van der Waals surface area contributed by atoms with Gasteiger partial charge in [0, 0.05) is 19.5 Å². The number of halogens is 3. The predicted octanol–water partition coefficient (Wildman–Crippen LogP) is 6.90. The molecule has 1 rings (SSSR count). The van der Waals surface area contributed by atoms with Crippen molar-refractivity contribution in [2.24, 2.45) is 17.6 Å². The average Bonchev–Trinajstić information content (AvgIpc) is 2.78. The minimum atomic E-state index is -4.65. The highest BCUT2D eigenvalue weighted by Crippen LogP contribution is 2.34. The van der Waals surface area contributed by atoms with Gasteiger partial charge < -0.3 is 20.7 Å². The van der Waals surface area contributed by atoms with Gasteiger partial charge in [-0.15, -0.1) is 13.2 Å². The molecule has 0 heterocycles. The van der Waals surface area contributed by atoms with Gasteiger partial charge in [0.25, 0.3) is 0 Å². The summed E-state index contributed by atoms with van der Waals surface area (Å²) < 4.78 is 40.7. The smallest absolute Gasteiger partial charge is 0.409 e. The van der Waals surface area contributed by atoms with Crippen molar-refractivity contribution in [3.8, 4) is 0 Å². The van der Waals surface area contributed by atoms with Crippen LogP contribution in [0.15, 0.2) is 47.6 Å². The van der Waals surface area contributed by atoms with Gasteiger partial charge in [-0.25, -0.2) is 0 Å². The van der Waals surface area contributed by atoms with E-state index < -0.39 is 6.36 Å². The van der Waals surface area contributed by atoms with E-state index in [0.29, 0.717) is 23.2 Å². The van der Waals surface area contributed by atoms with E-state index >= 15 is 0 Å². The Kier molecular flexibility index (Phi) is 16.1. The van der Waals surface area contributed by atoms with E-state index in [0.717, 1.165) is 57.6 Å². The fourth-order valence-electron chi connectivity index (χ4n) is 3.64. The minimum absolute atomic E-state index is 0.170. The summed E-state index contributed by atoms with van der Waals surface area (Å²) in [6.45, 7) is 5.52. The molecule has 184 valence electrons. The summed E-state index contributed by atoms with van der Waals surface area (Å²) in [6, 6.07) is 0. The van der Waals surface area contributed by atoms with Crippen molar-refractivity contribution in [1.82, 2.24) is 5.48 Å². The molecule has 0 aromatic heterocycles. The highest BCUT2D eigenvalue weighted by Gasteiger charge is 2.31. The molecule has 1 aliphatic rings. The Labute approximate surface area is 191 Å². The Hall–Kier alpha value is -2.22. The van der Waals surface area contributed by atoms with E-state index in [2.05, 4.69) is 10.2 Å². The van der Waals surface area contributed by atoms with Crippen molar-refractivity contribution in [1.29, 1.82) is 5.41 Å². The summed E-state index contributed by atoms with van der Waals surface area (Å²) in [5.74, 6) is 1.66. The van der Waals surface area contributed by atoms with Gasteiger partial charge >= 0.3 is 6.36 Å². The van der Waals surface area contributed by atoms with Crippen molar-refractivity contribution in [3.63, 3.8) is 0 Å². The maximum absolute atomic E-state index is 12.2. The number of hydrogen-bond acceptors (Lipinski definition) is 5. The van der Waals surface area contributed by atoms with Crippen molar-refractivity contribution in [2.45, 2.75) is 78.5 Å². The topological polar surface area (TPSA) is 80.4 Å². The number of allylic oxidation sites excluding steroid dienone is 5. The van der Waals surface area contributed by atoms with Crippen molar-refractivity contribution in [3.05, 3.63) is 47.6 Å². The molecule has 0 atom stereocenters. The van der Waals surface area contributed by atoms with Crippen LogP contribution >= 0.6 is 0 Å². The highest BCUT2D eigenvalue weighted by atomic mass is 19.4. The van der Waals surface area contributed by atoms with Gasteiger partial charge in [-0.1, -0.05) is 45.6 Å². The van der Waals surface area contributed by atoms with Crippen LogP contribution in [0.5, 0.6) is 0 Å². The third kappa shape index (κ3) is 13.2. The van der Waals surface area contributed by atoms with Gasteiger partial charge in [0.1, 0.15) is 5.76 Å². The highest BCUT2D eigenvalue weighted by molar-refractivity contribution is 5.81. The molecule has 5 nitrogen and oxygen atoms in total.